The first-order valence-electron chi connectivity index (χ1n) is 9.28. The van der Waals surface area contributed by atoms with Gasteiger partial charge >= 0.3 is 0 Å². The average Bonchev–Trinajstić information content (AvgIpc) is 2.54. The zero-order valence-corrected chi connectivity index (χ0v) is 14.0. The van der Waals surface area contributed by atoms with E-state index in [0.29, 0.717) is 38.1 Å². The smallest absolute Gasteiger partial charge is 0.245 e. The van der Waals surface area contributed by atoms with Crippen molar-refractivity contribution in [3.8, 4) is 0 Å². The standard InChI is InChI=1S/C18H28N2O3/c1-11(18(22)20-2-4-23-5-3-20)19-17(21)16-14-7-12-6-13(9-14)10-15(16)8-12/h11-16H,2-10H2,1H3,(H,19,21). The summed E-state index contributed by atoms with van der Waals surface area (Å²) < 4.78 is 5.29. The second-order valence-corrected chi connectivity index (χ2v) is 8.12. The molecular formula is C18H28N2O3. The molecule has 5 fully saturated rings. The third kappa shape index (κ3) is 2.88. The quantitative estimate of drug-likeness (QED) is 0.856. The molecule has 5 heteroatoms. The minimum atomic E-state index is -0.419. The normalized spacial score (nSPS) is 40.0. The fraction of sp³-hybridized carbons (Fsp3) is 0.889. The van der Waals surface area contributed by atoms with Crippen LogP contribution in [0.2, 0.25) is 0 Å². The number of carbonyl (C=O) groups is 2. The van der Waals surface area contributed by atoms with Gasteiger partial charge < -0.3 is 15.0 Å². The highest BCUT2D eigenvalue weighted by Crippen LogP contribution is 2.56. The summed E-state index contributed by atoms with van der Waals surface area (Å²) in [5, 5.41) is 3.03. The van der Waals surface area contributed by atoms with Crippen LogP contribution in [0.25, 0.3) is 0 Å². The predicted molar refractivity (Wildman–Crippen MR) is 85.5 cm³/mol. The van der Waals surface area contributed by atoms with Crippen molar-refractivity contribution in [2.75, 3.05) is 26.3 Å². The van der Waals surface area contributed by atoms with Crippen LogP contribution in [0, 0.1) is 29.6 Å². The van der Waals surface area contributed by atoms with Crippen LogP contribution in [0.5, 0.6) is 0 Å². The molecule has 2 amide bonds. The Morgan fingerprint density at radius 3 is 2.13 bits per heavy atom. The molecule has 4 aliphatic carbocycles. The Morgan fingerprint density at radius 2 is 1.57 bits per heavy atom. The van der Waals surface area contributed by atoms with Crippen molar-refractivity contribution in [1.82, 2.24) is 10.2 Å². The Kier molecular flexibility index (Phi) is 4.08. The predicted octanol–water partition coefficient (Wildman–Crippen LogP) is 1.42. The number of hydrogen-bond acceptors (Lipinski definition) is 3. The molecule has 23 heavy (non-hydrogen) atoms. The number of ether oxygens (including phenoxy) is 1. The van der Waals surface area contributed by atoms with Crippen molar-refractivity contribution in [2.45, 2.75) is 45.1 Å². The summed E-state index contributed by atoms with van der Waals surface area (Å²) in [6.07, 6.45) is 6.33. The summed E-state index contributed by atoms with van der Waals surface area (Å²) in [5.74, 6) is 3.19. The fourth-order valence-electron chi connectivity index (χ4n) is 5.78. The summed E-state index contributed by atoms with van der Waals surface area (Å²) in [6, 6.07) is -0.419. The maximum Gasteiger partial charge on any atom is 0.245 e. The zero-order chi connectivity index (χ0) is 16.0. The molecule has 0 aromatic rings. The number of nitrogens with one attached hydrogen (secondary N) is 1. The van der Waals surface area contributed by atoms with Crippen molar-refractivity contribution in [3.05, 3.63) is 0 Å². The third-order valence-electron chi connectivity index (χ3n) is 6.58. The minimum Gasteiger partial charge on any atom is -0.378 e. The lowest BCUT2D eigenvalue weighted by Crippen LogP contribution is -2.55. The molecular weight excluding hydrogens is 292 g/mol. The average molecular weight is 320 g/mol. The molecule has 1 saturated heterocycles. The summed E-state index contributed by atoms with van der Waals surface area (Å²) >= 11 is 0. The largest absolute Gasteiger partial charge is 0.378 e. The lowest BCUT2D eigenvalue weighted by Gasteiger charge is -2.53. The number of carbonyl (C=O) groups excluding carboxylic acids is 2. The monoisotopic (exact) mass is 320 g/mol. The second-order valence-electron chi connectivity index (χ2n) is 8.12. The van der Waals surface area contributed by atoms with Gasteiger partial charge in [0.25, 0.3) is 0 Å². The van der Waals surface area contributed by atoms with Crippen LogP contribution in [0.4, 0.5) is 0 Å². The van der Waals surface area contributed by atoms with Crippen molar-refractivity contribution in [3.63, 3.8) is 0 Å². The third-order valence-corrected chi connectivity index (χ3v) is 6.58. The van der Waals surface area contributed by atoms with Gasteiger partial charge in [0.1, 0.15) is 6.04 Å². The molecule has 4 bridgehead atoms. The van der Waals surface area contributed by atoms with Crippen molar-refractivity contribution >= 4 is 11.8 Å². The van der Waals surface area contributed by atoms with E-state index in [4.69, 9.17) is 4.74 Å². The van der Waals surface area contributed by atoms with Gasteiger partial charge in [0, 0.05) is 19.0 Å². The van der Waals surface area contributed by atoms with Crippen LogP contribution in [0.1, 0.15) is 39.0 Å². The molecule has 1 unspecified atom stereocenters. The van der Waals surface area contributed by atoms with Gasteiger partial charge in [0.2, 0.25) is 11.8 Å². The molecule has 5 nitrogen and oxygen atoms in total. The molecule has 1 aliphatic heterocycles. The van der Waals surface area contributed by atoms with Gasteiger partial charge in [-0.25, -0.2) is 0 Å². The summed E-state index contributed by atoms with van der Waals surface area (Å²) in [6.45, 7) is 4.30. The van der Waals surface area contributed by atoms with Crippen molar-refractivity contribution in [1.29, 1.82) is 0 Å². The lowest BCUT2D eigenvalue weighted by atomic mass is 9.51. The van der Waals surface area contributed by atoms with Gasteiger partial charge in [-0.15, -0.1) is 0 Å². The van der Waals surface area contributed by atoms with Gasteiger partial charge in [-0.2, -0.15) is 0 Å². The van der Waals surface area contributed by atoms with E-state index in [1.165, 1.54) is 32.1 Å². The number of hydrogen-bond donors (Lipinski definition) is 1. The number of morpholine rings is 1. The molecule has 1 heterocycles. The van der Waals surface area contributed by atoms with Gasteiger partial charge in [-0.1, -0.05) is 0 Å². The molecule has 0 radical (unpaired) electrons. The van der Waals surface area contributed by atoms with E-state index in [9.17, 15) is 9.59 Å². The Hall–Kier alpha value is -1.10. The molecule has 5 aliphatic rings. The van der Waals surface area contributed by atoms with Gasteiger partial charge in [0.05, 0.1) is 13.2 Å². The van der Waals surface area contributed by atoms with E-state index < -0.39 is 6.04 Å². The second kappa shape index (κ2) is 6.08. The van der Waals surface area contributed by atoms with E-state index in [1.807, 2.05) is 11.8 Å². The zero-order valence-electron chi connectivity index (χ0n) is 14.0. The molecule has 1 N–H and O–H groups in total. The van der Waals surface area contributed by atoms with Crippen LogP contribution < -0.4 is 5.32 Å². The summed E-state index contributed by atoms with van der Waals surface area (Å²) in [4.78, 5) is 27.1. The maximum atomic E-state index is 12.8. The van der Waals surface area contributed by atoms with E-state index in [-0.39, 0.29) is 17.7 Å². The fourth-order valence-corrected chi connectivity index (χ4v) is 5.78. The highest BCUT2D eigenvalue weighted by Gasteiger charge is 2.51. The summed E-state index contributed by atoms with van der Waals surface area (Å²) in [7, 11) is 0. The number of nitrogens with zero attached hydrogens (tertiary/aromatic N) is 1. The highest BCUT2D eigenvalue weighted by molar-refractivity contribution is 5.88. The first-order chi connectivity index (χ1) is 11.1. The Balaban J connectivity index is 1.37. The first kappa shape index (κ1) is 15.4. The summed E-state index contributed by atoms with van der Waals surface area (Å²) in [5.41, 5.74) is 0. The van der Waals surface area contributed by atoms with Crippen molar-refractivity contribution < 1.29 is 14.3 Å². The first-order valence-corrected chi connectivity index (χ1v) is 9.28. The Bertz CT molecular complexity index is 459. The molecule has 128 valence electrons. The van der Waals surface area contributed by atoms with Gasteiger partial charge in [-0.3, -0.25) is 9.59 Å². The molecule has 5 rings (SSSR count). The van der Waals surface area contributed by atoms with E-state index in [1.54, 1.807) is 0 Å². The highest BCUT2D eigenvalue weighted by atomic mass is 16.5. The Morgan fingerprint density at radius 1 is 1.00 bits per heavy atom. The van der Waals surface area contributed by atoms with Crippen LogP contribution in [0.15, 0.2) is 0 Å². The molecule has 4 saturated carbocycles. The van der Waals surface area contributed by atoms with E-state index >= 15 is 0 Å². The van der Waals surface area contributed by atoms with E-state index in [0.717, 1.165) is 11.8 Å². The molecule has 0 aromatic heterocycles. The molecule has 0 aromatic carbocycles. The SMILES string of the molecule is CC(NC(=O)C1C2CC3CC(C2)CC1C3)C(=O)N1CCOCC1. The maximum absolute atomic E-state index is 12.8. The van der Waals surface area contributed by atoms with Gasteiger partial charge in [-0.05, 0) is 62.7 Å². The number of rotatable bonds is 3. The topological polar surface area (TPSA) is 58.6 Å². The number of amides is 2. The molecule has 1 atom stereocenters. The lowest BCUT2D eigenvalue weighted by molar-refractivity contribution is -0.145. The molecule has 0 spiro atoms. The van der Waals surface area contributed by atoms with Gasteiger partial charge in [0.15, 0.2) is 0 Å². The van der Waals surface area contributed by atoms with Crippen molar-refractivity contribution in [2.24, 2.45) is 29.6 Å². The van der Waals surface area contributed by atoms with Crippen LogP contribution >= 0.6 is 0 Å². The van der Waals surface area contributed by atoms with Crippen LogP contribution in [0.3, 0.4) is 0 Å². The Labute approximate surface area is 138 Å². The van der Waals surface area contributed by atoms with Crippen LogP contribution in [-0.4, -0.2) is 49.1 Å². The van der Waals surface area contributed by atoms with Crippen LogP contribution in [-0.2, 0) is 14.3 Å². The minimum absolute atomic E-state index is 0.0328. The van der Waals surface area contributed by atoms with E-state index in [2.05, 4.69) is 5.32 Å².